The van der Waals surface area contributed by atoms with E-state index < -0.39 is 12.1 Å². The molecular weight excluding hydrogens is 250 g/mol. The minimum Gasteiger partial charge on any atom is -0.479 e. The standard InChI is InChI=1S/C12H17N3O4/c1-15(2)10-6-8(4-5-13-10)11(16)14-7-9(19-3)12(17)18/h4-6,9H,7H2,1-3H3,(H,14,16)(H,17,18). The highest BCUT2D eigenvalue weighted by molar-refractivity contribution is 5.95. The molecule has 1 aromatic rings. The van der Waals surface area contributed by atoms with Crippen molar-refractivity contribution in [3.63, 3.8) is 0 Å². The monoisotopic (exact) mass is 267 g/mol. The molecule has 0 fully saturated rings. The third-order valence-corrected chi connectivity index (χ3v) is 2.47. The number of nitrogens with one attached hydrogen (secondary N) is 1. The van der Waals surface area contributed by atoms with Crippen LogP contribution >= 0.6 is 0 Å². The predicted octanol–water partition coefficient (Wildman–Crippen LogP) is -0.0230. The Bertz CT molecular complexity index is 462. The van der Waals surface area contributed by atoms with Crippen molar-refractivity contribution in [3.05, 3.63) is 23.9 Å². The number of ether oxygens (including phenoxy) is 1. The van der Waals surface area contributed by atoms with Gasteiger partial charge in [0.2, 0.25) is 0 Å². The molecule has 0 aromatic carbocycles. The summed E-state index contributed by atoms with van der Waals surface area (Å²) in [5, 5.41) is 11.3. The second-order valence-electron chi connectivity index (χ2n) is 4.07. The molecule has 0 bridgehead atoms. The Balaban J connectivity index is 2.68. The number of carbonyl (C=O) groups is 2. The van der Waals surface area contributed by atoms with Gasteiger partial charge in [0.1, 0.15) is 5.82 Å². The Morgan fingerprint density at radius 2 is 2.21 bits per heavy atom. The van der Waals surface area contributed by atoms with E-state index in [0.717, 1.165) is 0 Å². The van der Waals surface area contributed by atoms with Crippen LogP contribution in [0.2, 0.25) is 0 Å². The Labute approximate surface area is 111 Å². The molecule has 0 saturated heterocycles. The lowest BCUT2D eigenvalue weighted by molar-refractivity contribution is -0.148. The molecule has 1 rings (SSSR count). The van der Waals surface area contributed by atoms with E-state index in [0.29, 0.717) is 11.4 Å². The van der Waals surface area contributed by atoms with Gasteiger partial charge >= 0.3 is 5.97 Å². The lowest BCUT2D eigenvalue weighted by atomic mass is 10.2. The van der Waals surface area contributed by atoms with E-state index >= 15 is 0 Å². The average molecular weight is 267 g/mol. The van der Waals surface area contributed by atoms with E-state index in [1.165, 1.54) is 13.3 Å². The van der Waals surface area contributed by atoms with Crippen molar-refractivity contribution >= 4 is 17.7 Å². The average Bonchev–Trinajstić information content (AvgIpc) is 2.38. The number of anilines is 1. The molecule has 1 unspecified atom stereocenters. The van der Waals surface area contributed by atoms with E-state index in [2.05, 4.69) is 10.3 Å². The fourth-order valence-corrected chi connectivity index (χ4v) is 1.36. The highest BCUT2D eigenvalue weighted by Gasteiger charge is 2.17. The van der Waals surface area contributed by atoms with Crippen LogP contribution in [0.5, 0.6) is 0 Å². The number of aromatic nitrogens is 1. The third-order valence-electron chi connectivity index (χ3n) is 2.47. The predicted molar refractivity (Wildman–Crippen MR) is 69.3 cm³/mol. The molecule has 0 radical (unpaired) electrons. The van der Waals surface area contributed by atoms with Crippen molar-refractivity contribution < 1.29 is 19.4 Å². The van der Waals surface area contributed by atoms with Crippen molar-refractivity contribution in [2.75, 3.05) is 32.6 Å². The molecule has 0 aliphatic heterocycles. The van der Waals surface area contributed by atoms with Crippen molar-refractivity contribution in [1.82, 2.24) is 10.3 Å². The summed E-state index contributed by atoms with van der Waals surface area (Å²) in [6.07, 6.45) is 0.467. The Hall–Kier alpha value is -2.15. The summed E-state index contributed by atoms with van der Waals surface area (Å²) < 4.78 is 4.73. The number of nitrogens with zero attached hydrogens (tertiary/aromatic N) is 2. The third kappa shape index (κ3) is 4.22. The van der Waals surface area contributed by atoms with E-state index in [9.17, 15) is 9.59 Å². The first-order valence-electron chi connectivity index (χ1n) is 5.63. The lowest BCUT2D eigenvalue weighted by Gasteiger charge is -2.13. The summed E-state index contributed by atoms with van der Waals surface area (Å²) in [7, 11) is 4.91. The SMILES string of the molecule is COC(CNC(=O)c1ccnc(N(C)C)c1)C(=O)O. The highest BCUT2D eigenvalue weighted by Crippen LogP contribution is 2.09. The number of hydrogen-bond donors (Lipinski definition) is 2. The lowest BCUT2D eigenvalue weighted by Crippen LogP contribution is -2.37. The molecule has 0 aliphatic rings. The van der Waals surface area contributed by atoms with Crippen LogP contribution in [-0.2, 0) is 9.53 Å². The Morgan fingerprint density at radius 1 is 1.53 bits per heavy atom. The number of pyridine rings is 1. The van der Waals surface area contributed by atoms with Gasteiger partial charge in [0.15, 0.2) is 6.10 Å². The van der Waals surface area contributed by atoms with Gasteiger partial charge in [-0.25, -0.2) is 9.78 Å². The molecule has 7 heteroatoms. The first-order valence-corrected chi connectivity index (χ1v) is 5.63. The molecule has 1 amide bonds. The number of carboxylic acid groups (broad SMARTS) is 1. The zero-order chi connectivity index (χ0) is 14.4. The van der Waals surface area contributed by atoms with Gasteiger partial charge in [-0.1, -0.05) is 0 Å². The summed E-state index contributed by atoms with van der Waals surface area (Å²) in [5.41, 5.74) is 0.416. The summed E-state index contributed by atoms with van der Waals surface area (Å²) in [6.45, 7) is -0.0930. The molecule has 0 saturated carbocycles. The van der Waals surface area contributed by atoms with Crippen LogP contribution in [0.1, 0.15) is 10.4 Å². The molecule has 0 spiro atoms. The molecule has 1 aromatic heterocycles. The summed E-state index contributed by atoms with van der Waals surface area (Å²) >= 11 is 0. The fourth-order valence-electron chi connectivity index (χ4n) is 1.36. The van der Waals surface area contributed by atoms with Gasteiger partial charge in [0.25, 0.3) is 5.91 Å². The van der Waals surface area contributed by atoms with Gasteiger partial charge in [-0.3, -0.25) is 4.79 Å². The molecular formula is C12H17N3O4. The van der Waals surface area contributed by atoms with Crippen molar-refractivity contribution in [1.29, 1.82) is 0 Å². The van der Waals surface area contributed by atoms with Gasteiger partial charge in [0, 0.05) is 33.0 Å². The fraction of sp³-hybridized carbons (Fsp3) is 0.417. The maximum absolute atomic E-state index is 11.9. The zero-order valence-electron chi connectivity index (χ0n) is 11.1. The summed E-state index contributed by atoms with van der Waals surface area (Å²) in [5.74, 6) is -0.838. The van der Waals surface area contributed by atoms with Crippen LogP contribution in [0.3, 0.4) is 0 Å². The van der Waals surface area contributed by atoms with Crippen LogP contribution in [0.4, 0.5) is 5.82 Å². The van der Waals surface area contributed by atoms with E-state index in [-0.39, 0.29) is 12.5 Å². The first kappa shape index (κ1) is 14.9. The number of methoxy groups -OCH3 is 1. The number of hydrogen-bond acceptors (Lipinski definition) is 5. The van der Waals surface area contributed by atoms with Crippen LogP contribution in [-0.4, -0.2) is 55.8 Å². The van der Waals surface area contributed by atoms with Crippen molar-refractivity contribution in [2.45, 2.75) is 6.10 Å². The van der Waals surface area contributed by atoms with E-state index in [1.807, 2.05) is 14.1 Å². The molecule has 1 atom stereocenters. The second kappa shape index (κ2) is 6.69. The van der Waals surface area contributed by atoms with E-state index in [1.54, 1.807) is 17.0 Å². The van der Waals surface area contributed by atoms with Crippen LogP contribution in [0, 0.1) is 0 Å². The number of carbonyl (C=O) groups excluding carboxylic acids is 1. The topological polar surface area (TPSA) is 91.8 Å². The molecule has 2 N–H and O–H groups in total. The van der Waals surface area contributed by atoms with Crippen molar-refractivity contribution in [2.24, 2.45) is 0 Å². The maximum atomic E-state index is 11.9. The maximum Gasteiger partial charge on any atom is 0.334 e. The molecule has 7 nitrogen and oxygen atoms in total. The quantitative estimate of drug-likeness (QED) is 0.752. The molecule has 104 valence electrons. The minimum absolute atomic E-state index is 0.0930. The molecule has 19 heavy (non-hydrogen) atoms. The smallest absolute Gasteiger partial charge is 0.334 e. The van der Waals surface area contributed by atoms with E-state index in [4.69, 9.17) is 9.84 Å². The number of amides is 1. The summed E-state index contributed by atoms with van der Waals surface area (Å²) in [4.78, 5) is 28.4. The Kier molecular flexibility index (Phi) is 5.25. The first-order chi connectivity index (χ1) is 8.95. The van der Waals surface area contributed by atoms with Crippen molar-refractivity contribution in [3.8, 4) is 0 Å². The molecule has 1 heterocycles. The largest absolute Gasteiger partial charge is 0.479 e. The number of aliphatic carboxylic acids is 1. The zero-order valence-corrected chi connectivity index (χ0v) is 11.1. The van der Waals surface area contributed by atoms with Gasteiger partial charge in [-0.2, -0.15) is 0 Å². The highest BCUT2D eigenvalue weighted by atomic mass is 16.5. The van der Waals surface area contributed by atoms with Gasteiger partial charge < -0.3 is 20.1 Å². The van der Waals surface area contributed by atoms with Crippen LogP contribution in [0.15, 0.2) is 18.3 Å². The summed E-state index contributed by atoms with van der Waals surface area (Å²) in [6, 6.07) is 3.18. The minimum atomic E-state index is -1.12. The van der Waals surface area contributed by atoms with Gasteiger partial charge in [0.05, 0.1) is 6.54 Å². The number of carboxylic acids is 1. The van der Waals surface area contributed by atoms with Crippen LogP contribution < -0.4 is 10.2 Å². The normalized spacial score (nSPS) is 11.7. The molecule has 0 aliphatic carbocycles. The van der Waals surface area contributed by atoms with Gasteiger partial charge in [-0.05, 0) is 12.1 Å². The number of rotatable bonds is 6. The van der Waals surface area contributed by atoms with Crippen LogP contribution in [0.25, 0.3) is 0 Å². The van der Waals surface area contributed by atoms with Gasteiger partial charge in [-0.15, -0.1) is 0 Å². The second-order valence-corrected chi connectivity index (χ2v) is 4.07. The Morgan fingerprint density at radius 3 is 2.74 bits per heavy atom.